The van der Waals surface area contributed by atoms with Crippen molar-refractivity contribution < 1.29 is 22.8 Å². The number of aryl methyl sites for hydroxylation is 3. The van der Waals surface area contributed by atoms with E-state index in [1.165, 1.54) is 21.5 Å². The lowest BCUT2D eigenvalue weighted by Crippen LogP contribution is -2.42. The van der Waals surface area contributed by atoms with Gasteiger partial charge in [-0.05, 0) is 125 Å². The predicted octanol–water partition coefficient (Wildman–Crippen LogP) is 6.87. The van der Waals surface area contributed by atoms with Crippen molar-refractivity contribution in [3.05, 3.63) is 139 Å². The fourth-order valence-electron chi connectivity index (χ4n) is 11.2. The highest BCUT2D eigenvalue weighted by atomic mass is 19.1. The molecule has 12 rings (SSSR count). The van der Waals surface area contributed by atoms with Crippen LogP contribution in [0, 0.1) is 31.4 Å². The predicted molar refractivity (Wildman–Crippen MR) is 238 cm³/mol. The average molecular weight is 896 g/mol. The van der Waals surface area contributed by atoms with Gasteiger partial charge in [0.15, 0.2) is 11.6 Å². The van der Waals surface area contributed by atoms with Crippen molar-refractivity contribution in [2.75, 3.05) is 6.61 Å². The Morgan fingerprint density at radius 3 is 2.39 bits per heavy atom. The molecule has 3 aromatic carbocycles. The Morgan fingerprint density at radius 2 is 1.68 bits per heavy atom. The molecule has 4 aliphatic rings. The summed E-state index contributed by atoms with van der Waals surface area (Å²) < 4.78 is 50.3. The first-order valence-corrected chi connectivity index (χ1v) is 22.3. The van der Waals surface area contributed by atoms with Crippen LogP contribution >= 0.6 is 0 Å². The van der Waals surface area contributed by atoms with Gasteiger partial charge in [0, 0.05) is 42.5 Å². The van der Waals surface area contributed by atoms with E-state index in [0.717, 1.165) is 29.3 Å². The molecule has 2 N–H and O–H groups in total. The fraction of sp³-hybridized carbons (Fsp3) is 0.375. The maximum atomic E-state index is 16.2. The minimum Gasteiger partial charge on any atom is -0.376 e. The number of hydrogen-bond acceptors (Lipinski definition) is 9. The van der Waals surface area contributed by atoms with Crippen LogP contribution in [0.1, 0.15) is 109 Å². The molecule has 3 aliphatic heterocycles. The van der Waals surface area contributed by atoms with E-state index in [9.17, 15) is 9.59 Å². The van der Waals surface area contributed by atoms with E-state index in [1.54, 1.807) is 65.6 Å². The highest BCUT2D eigenvalue weighted by Gasteiger charge is 2.60. The minimum atomic E-state index is -0.875. The van der Waals surface area contributed by atoms with Gasteiger partial charge in [-0.3, -0.25) is 33.4 Å². The lowest BCUT2D eigenvalue weighted by molar-refractivity contribution is -0.0592. The van der Waals surface area contributed by atoms with Gasteiger partial charge in [-0.15, -0.1) is 0 Å². The van der Waals surface area contributed by atoms with Crippen molar-refractivity contribution in [1.82, 2.24) is 53.6 Å². The molecule has 1 saturated carbocycles. The Kier molecular flexibility index (Phi) is 8.49. The summed E-state index contributed by atoms with van der Waals surface area (Å²) in [6.45, 7) is 12.2. The number of amides is 1. The third kappa shape index (κ3) is 5.72. The number of nitrogens with one attached hydrogen (secondary N) is 2. The van der Waals surface area contributed by atoms with Gasteiger partial charge in [0.05, 0.1) is 51.9 Å². The number of carbonyl (C=O) groups is 1. The molecule has 2 saturated heterocycles. The van der Waals surface area contributed by atoms with Crippen LogP contribution in [-0.4, -0.2) is 72.6 Å². The number of fused-ring (bicyclic) bond motifs is 5. The molecule has 2 unspecified atom stereocenters. The molecule has 1 amide bonds. The molecule has 0 bridgehead atoms. The Bertz CT molecular complexity index is 3470. The van der Waals surface area contributed by atoms with Crippen LogP contribution in [0.5, 0.6) is 0 Å². The first kappa shape index (κ1) is 40.6. The van der Waals surface area contributed by atoms with Crippen molar-refractivity contribution in [2.24, 2.45) is 13.0 Å². The molecule has 3 fully saturated rings. The summed E-state index contributed by atoms with van der Waals surface area (Å²) in [7, 11) is 1.72. The standard InChI is InChI=1S/C48H47F2N11O5/c1-23-16-30(17-24(2)37(23)49)61-42(58-14-13-57(46(58)64)34-11-10-33-31(38(34)50)22-51-56(33)7)36-26(4)59(41-40(52-41)39(36)54-61)43(62)35-19-29-18-27(28-12-15-65-47(5,6)21-28)8-9-32(29)60(35)48(20-25(48)3)44-53-45(63)66-55-44/h8-11,13-14,16-19,22,25-26,28,40-41,52H,12,15,20-21H2,1-7H3,(H,53,55,63)/t25-,26-,28-,40?,41?,48-/m0/s1. The van der Waals surface area contributed by atoms with Gasteiger partial charge in [0.25, 0.3) is 5.91 Å². The van der Waals surface area contributed by atoms with Gasteiger partial charge in [-0.1, -0.05) is 18.1 Å². The Labute approximate surface area is 375 Å². The molecule has 16 nitrogen and oxygen atoms in total. The minimum absolute atomic E-state index is 0.0133. The van der Waals surface area contributed by atoms with E-state index in [2.05, 4.69) is 59.5 Å². The number of aromatic nitrogens is 9. The highest BCUT2D eigenvalue weighted by molar-refractivity contribution is 6.00. The summed E-state index contributed by atoms with van der Waals surface area (Å²) in [4.78, 5) is 47.6. The van der Waals surface area contributed by atoms with Gasteiger partial charge < -0.3 is 14.2 Å². The molecule has 1 aliphatic carbocycles. The van der Waals surface area contributed by atoms with E-state index in [0.29, 0.717) is 64.0 Å². The molecule has 0 radical (unpaired) electrons. The zero-order valence-electron chi connectivity index (χ0n) is 37.4. The number of rotatable bonds is 7. The molecular formula is C48H47F2N11O5. The van der Waals surface area contributed by atoms with Gasteiger partial charge in [-0.25, -0.2) is 23.1 Å². The van der Waals surface area contributed by atoms with Gasteiger partial charge >= 0.3 is 11.4 Å². The smallest absolute Gasteiger partial charge is 0.376 e. The van der Waals surface area contributed by atoms with Crippen molar-refractivity contribution in [3.63, 3.8) is 0 Å². The zero-order chi connectivity index (χ0) is 45.9. The van der Waals surface area contributed by atoms with E-state index in [1.807, 2.05) is 17.6 Å². The van der Waals surface area contributed by atoms with Gasteiger partial charge in [-0.2, -0.15) is 10.2 Å². The summed E-state index contributed by atoms with van der Waals surface area (Å²) >= 11 is 0. The van der Waals surface area contributed by atoms with Crippen LogP contribution in [0.25, 0.3) is 39.0 Å². The number of halogens is 2. The van der Waals surface area contributed by atoms with Gasteiger partial charge in [0.2, 0.25) is 0 Å². The summed E-state index contributed by atoms with van der Waals surface area (Å²) in [5.41, 5.74) is 3.77. The molecular weight excluding hydrogens is 849 g/mol. The maximum Gasteiger partial charge on any atom is 0.438 e. The SMILES string of the molecule is Cc1cc(-n2nc3c(c2-n2ccn(-c4ccc5c(cnn5C)c4F)c2=O)[C@H](C)N(C(=O)c2cc4cc([C@H]5CCOC(C)(C)C5)ccc4n2[C@@]2(c4noc(=O)[nH]4)C[C@@H]2C)C2NC32)cc(C)c1F. The number of carbonyl (C=O) groups excluding carboxylic acids is 1. The number of aromatic amines is 1. The quantitative estimate of drug-likeness (QED) is 0.162. The van der Waals surface area contributed by atoms with Crippen molar-refractivity contribution in [3.8, 4) is 17.2 Å². The Hall–Kier alpha value is -6.92. The summed E-state index contributed by atoms with van der Waals surface area (Å²) in [5.74, 6) is -1.01. The number of hydrogen-bond donors (Lipinski definition) is 2. The topological polar surface area (TPSA) is 178 Å². The van der Waals surface area contributed by atoms with E-state index < -0.39 is 41.1 Å². The third-order valence-electron chi connectivity index (χ3n) is 14.7. The first-order valence-electron chi connectivity index (χ1n) is 22.3. The number of nitrogens with zero attached hydrogens (tertiary/aromatic N) is 9. The van der Waals surface area contributed by atoms with E-state index in [4.69, 9.17) is 14.4 Å². The molecule has 8 aromatic rings. The van der Waals surface area contributed by atoms with Crippen molar-refractivity contribution in [1.29, 1.82) is 0 Å². The van der Waals surface area contributed by atoms with Crippen molar-refractivity contribution >= 4 is 27.7 Å². The molecule has 5 aromatic heterocycles. The molecule has 6 atom stereocenters. The van der Waals surface area contributed by atoms with Crippen LogP contribution in [0.3, 0.4) is 0 Å². The lowest BCUT2D eigenvalue weighted by atomic mass is 9.83. The zero-order valence-corrected chi connectivity index (χ0v) is 37.4. The summed E-state index contributed by atoms with van der Waals surface area (Å²) in [6, 6.07) is 13.8. The van der Waals surface area contributed by atoms with Crippen LogP contribution < -0.4 is 16.8 Å². The summed E-state index contributed by atoms with van der Waals surface area (Å²) in [6.07, 6.45) is 6.35. The number of benzene rings is 3. The number of imidazole rings is 1. The lowest BCUT2D eigenvalue weighted by Gasteiger charge is -2.35. The van der Waals surface area contributed by atoms with Crippen LogP contribution in [0.2, 0.25) is 0 Å². The summed E-state index contributed by atoms with van der Waals surface area (Å²) in [5, 5.41) is 18.1. The van der Waals surface area contributed by atoms with Crippen LogP contribution in [0.15, 0.2) is 81.2 Å². The molecule has 66 heavy (non-hydrogen) atoms. The Morgan fingerprint density at radius 1 is 0.939 bits per heavy atom. The first-order chi connectivity index (χ1) is 31.6. The number of H-pyrrole nitrogens is 1. The van der Waals surface area contributed by atoms with E-state index in [-0.39, 0.29) is 40.2 Å². The molecule has 338 valence electrons. The number of ether oxygens (including phenoxy) is 1. The van der Waals surface area contributed by atoms with Crippen LogP contribution in [-0.2, 0) is 17.3 Å². The monoisotopic (exact) mass is 895 g/mol. The fourth-order valence-corrected chi connectivity index (χ4v) is 11.2. The average Bonchev–Trinajstić information content (AvgIpc) is 3.73. The maximum absolute atomic E-state index is 16.2. The third-order valence-corrected chi connectivity index (χ3v) is 14.7. The normalized spacial score (nSPS) is 24.3. The molecule has 0 spiro atoms. The second kappa shape index (κ2) is 13.8. The van der Waals surface area contributed by atoms with Crippen molar-refractivity contribution in [2.45, 2.75) is 96.1 Å². The molecule has 8 heterocycles. The molecule has 18 heteroatoms. The van der Waals surface area contributed by atoms with Gasteiger partial charge in [0.1, 0.15) is 29.0 Å². The highest BCUT2D eigenvalue weighted by Crippen LogP contribution is 2.57. The van der Waals surface area contributed by atoms with E-state index >= 15 is 13.6 Å². The second-order valence-electron chi connectivity index (χ2n) is 19.3. The largest absolute Gasteiger partial charge is 0.438 e. The van der Waals surface area contributed by atoms with Crippen LogP contribution in [0.4, 0.5) is 8.78 Å². The second-order valence-corrected chi connectivity index (χ2v) is 19.3. The Balaban J connectivity index is 1.02.